The van der Waals surface area contributed by atoms with E-state index < -0.39 is 0 Å². The standard InChI is InChI=1S/C15H12BrNO/c1-2-3-8-17-15(18)13-5-4-12-10-14(16)7-6-11(12)9-13/h4-7,9-10H,8H2,1H3,(H,17,18). The first kappa shape index (κ1) is 12.7. The Labute approximate surface area is 115 Å². The monoisotopic (exact) mass is 301 g/mol. The first-order valence-electron chi connectivity index (χ1n) is 5.58. The third-order valence-electron chi connectivity index (χ3n) is 2.58. The molecular weight excluding hydrogens is 290 g/mol. The van der Waals surface area contributed by atoms with E-state index in [0.29, 0.717) is 12.1 Å². The molecule has 0 atom stereocenters. The number of hydrogen-bond donors (Lipinski definition) is 1. The van der Waals surface area contributed by atoms with Crippen LogP contribution in [0.5, 0.6) is 0 Å². The highest BCUT2D eigenvalue weighted by molar-refractivity contribution is 9.10. The fourth-order valence-corrected chi connectivity index (χ4v) is 2.05. The van der Waals surface area contributed by atoms with Crippen LogP contribution in [0.3, 0.4) is 0 Å². The molecule has 0 heterocycles. The molecule has 0 aliphatic heterocycles. The van der Waals surface area contributed by atoms with Crippen molar-refractivity contribution in [2.24, 2.45) is 0 Å². The van der Waals surface area contributed by atoms with E-state index in [1.807, 2.05) is 36.4 Å². The predicted octanol–water partition coefficient (Wildman–Crippen LogP) is 3.36. The van der Waals surface area contributed by atoms with Crippen molar-refractivity contribution in [3.8, 4) is 11.8 Å². The number of amides is 1. The fraction of sp³-hybridized carbons (Fsp3) is 0.133. The van der Waals surface area contributed by atoms with E-state index in [9.17, 15) is 4.79 Å². The van der Waals surface area contributed by atoms with Crippen molar-refractivity contribution >= 4 is 32.6 Å². The van der Waals surface area contributed by atoms with Crippen LogP contribution in [0.1, 0.15) is 17.3 Å². The van der Waals surface area contributed by atoms with Gasteiger partial charge in [-0.2, -0.15) is 0 Å². The molecule has 18 heavy (non-hydrogen) atoms. The summed E-state index contributed by atoms with van der Waals surface area (Å²) >= 11 is 3.43. The number of rotatable bonds is 2. The molecule has 0 aliphatic carbocycles. The van der Waals surface area contributed by atoms with Crippen LogP contribution in [0.4, 0.5) is 0 Å². The minimum atomic E-state index is -0.0948. The van der Waals surface area contributed by atoms with Gasteiger partial charge in [-0.3, -0.25) is 4.79 Å². The molecule has 90 valence electrons. The normalized spacial score (nSPS) is 9.67. The fourth-order valence-electron chi connectivity index (χ4n) is 1.67. The second-order valence-electron chi connectivity index (χ2n) is 3.82. The van der Waals surface area contributed by atoms with Crippen molar-refractivity contribution < 1.29 is 4.79 Å². The molecular formula is C15H12BrNO. The minimum Gasteiger partial charge on any atom is -0.341 e. The van der Waals surface area contributed by atoms with Gasteiger partial charge in [-0.25, -0.2) is 0 Å². The highest BCUT2D eigenvalue weighted by atomic mass is 79.9. The van der Waals surface area contributed by atoms with Crippen LogP contribution in [0.2, 0.25) is 0 Å². The molecule has 3 heteroatoms. The lowest BCUT2D eigenvalue weighted by Crippen LogP contribution is -2.23. The van der Waals surface area contributed by atoms with Gasteiger partial charge >= 0.3 is 0 Å². The molecule has 0 saturated heterocycles. The Hall–Kier alpha value is -1.79. The van der Waals surface area contributed by atoms with E-state index in [1.54, 1.807) is 6.92 Å². The van der Waals surface area contributed by atoms with Crippen LogP contribution in [0.15, 0.2) is 40.9 Å². The number of halogens is 1. The topological polar surface area (TPSA) is 29.1 Å². The van der Waals surface area contributed by atoms with Crippen molar-refractivity contribution in [1.82, 2.24) is 5.32 Å². The number of benzene rings is 2. The molecule has 2 rings (SSSR count). The molecule has 0 aromatic heterocycles. The van der Waals surface area contributed by atoms with Crippen molar-refractivity contribution in [2.45, 2.75) is 6.92 Å². The third kappa shape index (κ3) is 2.91. The lowest BCUT2D eigenvalue weighted by atomic mass is 10.1. The highest BCUT2D eigenvalue weighted by Crippen LogP contribution is 2.20. The molecule has 0 saturated carbocycles. The molecule has 0 unspecified atom stereocenters. The van der Waals surface area contributed by atoms with Gasteiger partial charge in [0, 0.05) is 10.0 Å². The molecule has 0 radical (unpaired) electrons. The zero-order valence-corrected chi connectivity index (χ0v) is 11.5. The van der Waals surface area contributed by atoms with Crippen molar-refractivity contribution in [3.05, 3.63) is 46.4 Å². The average Bonchev–Trinajstić information content (AvgIpc) is 2.38. The maximum Gasteiger partial charge on any atom is 0.252 e. The molecule has 0 bridgehead atoms. The molecule has 1 amide bonds. The molecule has 2 aromatic rings. The van der Waals surface area contributed by atoms with E-state index in [1.165, 1.54) is 0 Å². The Morgan fingerprint density at radius 1 is 1.22 bits per heavy atom. The Balaban J connectivity index is 2.26. The van der Waals surface area contributed by atoms with Crippen LogP contribution in [-0.4, -0.2) is 12.5 Å². The Morgan fingerprint density at radius 2 is 1.94 bits per heavy atom. The second kappa shape index (κ2) is 5.70. The van der Waals surface area contributed by atoms with Gasteiger partial charge in [-0.1, -0.05) is 34.0 Å². The number of nitrogens with one attached hydrogen (secondary N) is 1. The average molecular weight is 302 g/mol. The van der Waals surface area contributed by atoms with Crippen molar-refractivity contribution in [2.75, 3.05) is 6.54 Å². The zero-order chi connectivity index (χ0) is 13.0. The van der Waals surface area contributed by atoms with E-state index in [0.717, 1.165) is 15.2 Å². The summed E-state index contributed by atoms with van der Waals surface area (Å²) in [5.74, 6) is 5.45. The second-order valence-corrected chi connectivity index (χ2v) is 4.73. The number of fused-ring (bicyclic) bond motifs is 1. The van der Waals surface area contributed by atoms with Gasteiger partial charge in [0.05, 0.1) is 6.54 Å². The van der Waals surface area contributed by atoms with Crippen LogP contribution in [0, 0.1) is 11.8 Å². The summed E-state index contributed by atoms with van der Waals surface area (Å²) in [7, 11) is 0. The molecule has 2 nitrogen and oxygen atoms in total. The molecule has 0 fully saturated rings. The minimum absolute atomic E-state index is 0.0948. The largest absolute Gasteiger partial charge is 0.341 e. The van der Waals surface area contributed by atoms with Gasteiger partial charge in [0.1, 0.15) is 0 Å². The summed E-state index contributed by atoms with van der Waals surface area (Å²) in [5, 5.41) is 4.91. The van der Waals surface area contributed by atoms with E-state index >= 15 is 0 Å². The first-order valence-corrected chi connectivity index (χ1v) is 6.37. The van der Waals surface area contributed by atoms with Crippen LogP contribution in [-0.2, 0) is 0 Å². The maximum atomic E-state index is 11.8. The van der Waals surface area contributed by atoms with Gasteiger partial charge in [-0.05, 0) is 42.0 Å². The molecule has 0 spiro atoms. The maximum absolute atomic E-state index is 11.8. The summed E-state index contributed by atoms with van der Waals surface area (Å²) < 4.78 is 1.03. The van der Waals surface area contributed by atoms with Crippen LogP contribution in [0.25, 0.3) is 10.8 Å². The van der Waals surface area contributed by atoms with Gasteiger partial charge in [0.25, 0.3) is 5.91 Å². The number of hydrogen-bond acceptors (Lipinski definition) is 1. The predicted molar refractivity (Wildman–Crippen MR) is 77.4 cm³/mol. The summed E-state index contributed by atoms with van der Waals surface area (Å²) in [6.07, 6.45) is 0. The van der Waals surface area contributed by atoms with Gasteiger partial charge in [0.15, 0.2) is 0 Å². The quantitative estimate of drug-likeness (QED) is 0.847. The third-order valence-corrected chi connectivity index (χ3v) is 3.07. The zero-order valence-electron chi connectivity index (χ0n) is 9.96. The number of carbonyl (C=O) groups is 1. The lowest BCUT2D eigenvalue weighted by molar-refractivity contribution is 0.0959. The smallest absolute Gasteiger partial charge is 0.252 e. The molecule has 2 aromatic carbocycles. The van der Waals surface area contributed by atoms with Gasteiger partial charge in [-0.15, -0.1) is 5.92 Å². The lowest BCUT2D eigenvalue weighted by Gasteiger charge is -2.04. The van der Waals surface area contributed by atoms with Crippen LogP contribution >= 0.6 is 15.9 Å². The Kier molecular flexibility index (Phi) is 4.01. The van der Waals surface area contributed by atoms with Gasteiger partial charge in [0.2, 0.25) is 0 Å². The van der Waals surface area contributed by atoms with Crippen LogP contribution < -0.4 is 5.32 Å². The Bertz CT molecular complexity index is 652. The summed E-state index contributed by atoms with van der Waals surface area (Å²) in [6.45, 7) is 2.13. The first-order chi connectivity index (χ1) is 8.70. The van der Waals surface area contributed by atoms with Crippen molar-refractivity contribution in [3.63, 3.8) is 0 Å². The van der Waals surface area contributed by atoms with Gasteiger partial charge < -0.3 is 5.32 Å². The van der Waals surface area contributed by atoms with E-state index in [4.69, 9.17) is 0 Å². The molecule has 0 aliphatic rings. The SMILES string of the molecule is CC#CCNC(=O)c1ccc2cc(Br)ccc2c1. The summed E-state index contributed by atoms with van der Waals surface area (Å²) in [6, 6.07) is 11.6. The summed E-state index contributed by atoms with van der Waals surface area (Å²) in [5.41, 5.74) is 0.655. The van der Waals surface area contributed by atoms with Crippen molar-refractivity contribution in [1.29, 1.82) is 0 Å². The number of carbonyl (C=O) groups excluding carboxylic acids is 1. The van der Waals surface area contributed by atoms with E-state index in [2.05, 4.69) is 33.1 Å². The molecule has 1 N–H and O–H groups in total. The summed E-state index contributed by atoms with van der Waals surface area (Å²) in [4.78, 5) is 11.8. The highest BCUT2D eigenvalue weighted by Gasteiger charge is 2.05. The van der Waals surface area contributed by atoms with E-state index in [-0.39, 0.29) is 5.91 Å². The Morgan fingerprint density at radius 3 is 2.72 bits per heavy atom.